The van der Waals surface area contributed by atoms with E-state index in [9.17, 15) is 13.2 Å². The molecule has 0 radical (unpaired) electrons. The van der Waals surface area contributed by atoms with Crippen molar-refractivity contribution in [3.05, 3.63) is 29.3 Å². The first kappa shape index (κ1) is 14.3. The lowest BCUT2D eigenvalue weighted by Crippen LogP contribution is -2.36. The van der Waals surface area contributed by atoms with E-state index in [1.54, 1.807) is 0 Å². The number of hydrogen-bond acceptors (Lipinski definition) is 3. The number of amides is 1. The molecule has 1 atom stereocenters. The average Bonchev–Trinajstić information content (AvgIpc) is 2.53. The first-order valence-corrected chi connectivity index (χ1v) is 7.88. The van der Waals surface area contributed by atoms with E-state index < -0.39 is 10.0 Å². The van der Waals surface area contributed by atoms with Crippen LogP contribution in [0.3, 0.4) is 0 Å². The number of rotatable bonds is 3. The van der Waals surface area contributed by atoms with E-state index in [1.807, 2.05) is 0 Å². The maximum Gasteiger partial charge on any atom is 0.240 e. The molecule has 1 aromatic rings. The lowest BCUT2D eigenvalue weighted by molar-refractivity contribution is -0.121. The molecule has 0 aliphatic carbocycles. The second kappa shape index (κ2) is 5.90. The summed E-state index contributed by atoms with van der Waals surface area (Å²) in [5.41, 5.74) is 0. The van der Waals surface area contributed by atoms with Crippen molar-refractivity contribution in [3.63, 3.8) is 0 Å². The van der Waals surface area contributed by atoms with Gasteiger partial charge in [-0.1, -0.05) is 11.6 Å². The molecule has 0 aromatic heterocycles. The highest BCUT2D eigenvalue weighted by Crippen LogP contribution is 2.16. The van der Waals surface area contributed by atoms with Crippen LogP contribution in [0.25, 0.3) is 0 Å². The molecule has 104 valence electrons. The molecule has 7 heteroatoms. The Labute approximate surface area is 117 Å². The van der Waals surface area contributed by atoms with Gasteiger partial charge in [0.15, 0.2) is 0 Å². The van der Waals surface area contributed by atoms with Gasteiger partial charge in [0, 0.05) is 24.0 Å². The van der Waals surface area contributed by atoms with Gasteiger partial charge in [0.1, 0.15) is 0 Å². The van der Waals surface area contributed by atoms with Crippen LogP contribution in [0.2, 0.25) is 5.02 Å². The second-order valence-corrected chi connectivity index (χ2v) is 6.62. The quantitative estimate of drug-likeness (QED) is 0.883. The molecule has 2 rings (SSSR count). The number of carbonyl (C=O) groups is 1. The van der Waals surface area contributed by atoms with E-state index in [-0.39, 0.29) is 23.3 Å². The summed E-state index contributed by atoms with van der Waals surface area (Å²) < 4.78 is 26.9. The molecule has 1 saturated heterocycles. The zero-order chi connectivity index (χ0) is 13.9. The largest absolute Gasteiger partial charge is 0.356 e. The summed E-state index contributed by atoms with van der Waals surface area (Å²) in [7, 11) is -3.60. The predicted octanol–water partition coefficient (Wildman–Crippen LogP) is 1.29. The minimum Gasteiger partial charge on any atom is -0.356 e. The zero-order valence-corrected chi connectivity index (χ0v) is 11.8. The van der Waals surface area contributed by atoms with Crippen molar-refractivity contribution >= 4 is 27.5 Å². The summed E-state index contributed by atoms with van der Waals surface area (Å²) in [6.45, 7) is 0.595. The number of sulfonamides is 1. The van der Waals surface area contributed by atoms with Gasteiger partial charge < -0.3 is 5.32 Å². The number of hydrogen-bond donors (Lipinski definition) is 2. The SMILES string of the molecule is O=C1C[C@@H](NS(=O)(=O)c2ccc(Cl)cc2)CCCN1. The standard InChI is InChI=1S/C12H15ClN2O3S/c13-9-3-5-11(6-4-9)19(17,18)15-10-2-1-7-14-12(16)8-10/h3-6,10,15H,1-2,7-8H2,(H,14,16)/t10-/m0/s1. The maximum atomic E-state index is 12.1. The Morgan fingerprint density at radius 1 is 1.26 bits per heavy atom. The van der Waals surface area contributed by atoms with Gasteiger partial charge in [0.05, 0.1) is 4.90 Å². The molecule has 1 fully saturated rings. The molecule has 5 nitrogen and oxygen atoms in total. The molecular weight excluding hydrogens is 288 g/mol. The summed E-state index contributed by atoms with van der Waals surface area (Å²) >= 11 is 5.73. The third-order valence-corrected chi connectivity index (χ3v) is 4.72. The fraction of sp³-hybridized carbons (Fsp3) is 0.417. The third-order valence-electron chi connectivity index (χ3n) is 2.93. The van der Waals surface area contributed by atoms with Crippen LogP contribution in [-0.2, 0) is 14.8 Å². The van der Waals surface area contributed by atoms with E-state index >= 15 is 0 Å². The Morgan fingerprint density at radius 3 is 2.63 bits per heavy atom. The predicted molar refractivity (Wildman–Crippen MR) is 72.4 cm³/mol. The normalized spacial score (nSPS) is 20.7. The molecule has 1 aliphatic heterocycles. The lowest BCUT2D eigenvalue weighted by atomic mass is 10.1. The lowest BCUT2D eigenvalue weighted by Gasteiger charge is -2.15. The van der Waals surface area contributed by atoms with Crippen LogP contribution in [0.1, 0.15) is 19.3 Å². The Kier molecular flexibility index (Phi) is 4.44. The van der Waals surface area contributed by atoms with Crippen molar-refractivity contribution in [2.75, 3.05) is 6.54 Å². The first-order valence-electron chi connectivity index (χ1n) is 6.02. The fourth-order valence-electron chi connectivity index (χ4n) is 1.98. The third kappa shape index (κ3) is 3.92. The van der Waals surface area contributed by atoms with Gasteiger partial charge in [0.2, 0.25) is 15.9 Å². The van der Waals surface area contributed by atoms with Crippen LogP contribution in [0, 0.1) is 0 Å². The molecule has 1 aromatic carbocycles. The number of nitrogens with one attached hydrogen (secondary N) is 2. The number of halogens is 1. The molecule has 1 heterocycles. The van der Waals surface area contributed by atoms with Crippen LogP contribution in [-0.4, -0.2) is 26.9 Å². The van der Waals surface area contributed by atoms with Crippen molar-refractivity contribution in [2.24, 2.45) is 0 Å². The molecule has 0 unspecified atom stereocenters. The van der Waals surface area contributed by atoms with E-state index in [2.05, 4.69) is 10.0 Å². The molecule has 0 bridgehead atoms. The van der Waals surface area contributed by atoms with Crippen LogP contribution in [0.15, 0.2) is 29.2 Å². The van der Waals surface area contributed by atoms with Gasteiger partial charge in [-0.25, -0.2) is 13.1 Å². The minimum atomic E-state index is -3.60. The van der Waals surface area contributed by atoms with Gasteiger partial charge in [-0.3, -0.25) is 4.79 Å². The highest BCUT2D eigenvalue weighted by Gasteiger charge is 2.23. The first-order chi connectivity index (χ1) is 8.97. The summed E-state index contributed by atoms with van der Waals surface area (Å²) in [6.07, 6.45) is 1.58. The molecule has 0 spiro atoms. The van der Waals surface area contributed by atoms with E-state index in [1.165, 1.54) is 24.3 Å². The van der Waals surface area contributed by atoms with Crippen LogP contribution >= 0.6 is 11.6 Å². The molecule has 0 saturated carbocycles. The van der Waals surface area contributed by atoms with Gasteiger partial charge in [-0.05, 0) is 37.1 Å². The highest BCUT2D eigenvalue weighted by atomic mass is 35.5. The van der Waals surface area contributed by atoms with Gasteiger partial charge in [-0.2, -0.15) is 0 Å². The zero-order valence-electron chi connectivity index (χ0n) is 10.2. The topological polar surface area (TPSA) is 75.3 Å². The van der Waals surface area contributed by atoms with E-state index in [4.69, 9.17) is 11.6 Å². The van der Waals surface area contributed by atoms with Crippen molar-refractivity contribution in [1.82, 2.24) is 10.0 Å². The van der Waals surface area contributed by atoms with Crippen molar-refractivity contribution < 1.29 is 13.2 Å². The van der Waals surface area contributed by atoms with Crippen LogP contribution in [0.4, 0.5) is 0 Å². The number of carbonyl (C=O) groups excluding carboxylic acids is 1. The summed E-state index contributed by atoms with van der Waals surface area (Å²) in [6, 6.07) is 5.58. The fourth-order valence-corrected chi connectivity index (χ4v) is 3.37. The Hall–Kier alpha value is -1.11. The van der Waals surface area contributed by atoms with Crippen LogP contribution in [0.5, 0.6) is 0 Å². The Bertz CT molecular complexity index is 557. The molecular formula is C12H15ClN2O3S. The molecule has 1 aliphatic rings. The molecule has 19 heavy (non-hydrogen) atoms. The maximum absolute atomic E-state index is 12.1. The van der Waals surface area contributed by atoms with E-state index in [0.717, 1.165) is 6.42 Å². The van der Waals surface area contributed by atoms with Crippen molar-refractivity contribution in [3.8, 4) is 0 Å². The minimum absolute atomic E-state index is 0.124. The van der Waals surface area contributed by atoms with Gasteiger partial charge >= 0.3 is 0 Å². The molecule has 2 N–H and O–H groups in total. The second-order valence-electron chi connectivity index (χ2n) is 4.47. The number of benzene rings is 1. The monoisotopic (exact) mass is 302 g/mol. The van der Waals surface area contributed by atoms with Gasteiger partial charge in [-0.15, -0.1) is 0 Å². The van der Waals surface area contributed by atoms with Gasteiger partial charge in [0.25, 0.3) is 0 Å². The summed E-state index contributed by atoms with van der Waals surface area (Å²) in [5, 5.41) is 3.20. The Balaban J connectivity index is 2.12. The summed E-state index contributed by atoms with van der Waals surface area (Å²) in [4.78, 5) is 11.6. The van der Waals surface area contributed by atoms with Crippen molar-refractivity contribution in [2.45, 2.75) is 30.2 Å². The Morgan fingerprint density at radius 2 is 1.95 bits per heavy atom. The highest BCUT2D eigenvalue weighted by molar-refractivity contribution is 7.89. The smallest absolute Gasteiger partial charge is 0.240 e. The summed E-state index contributed by atoms with van der Waals surface area (Å²) in [5.74, 6) is -0.124. The average molecular weight is 303 g/mol. The van der Waals surface area contributed by atoms with Crippen LogP contribution < -0.4 is 10.0 Å². The van der Waals surface area contributed by atoms with E-state index in [0.29, 0.717) is 18.0 Å². The van der Waals surface area contributed by atoms with Crippen molar-refractivity contribution in [1.29, 1.82) is 0 Å². The molecule has 1 amide bonds.